The van der Waals surface area contributed by atoms with Gasteiger partial charge in [-0.1, -0.05) is 29.3 Å². The normalized spacial score (nSPS) is 10.5. The Morgan fingerprint density at radius 3 is 2.24 bits per heavy atom. The van der Waals surface area contributed by atoms with Crippen LogP contribution in [0, 0.1) is 0 Å². The lowest BCUT2D eigenvalue weighted by atomic mass is 10.0. The maximum Gasteiger partial charge on any atom is 0.161 e. The maximum atomic E-state index is 9.56. The van der Waals surface area contributed by atoms with Gasteiger partial charge in [-0.15, -0.1) is 0 Å². The molecule has 0 bridgehead atoms. The Kier molecular flexibility index (Phi) is 5.21. The summed E-state index contributed by atoms with van der Waals surface area (Å²) < 4.78 is 11.1. The number of rotatable bonds is 5. The molecule has 5 heteroatoms. The molecule has 0 aromatic heterocycles. The fourth-order valence-electron chi connectivity index (χ4n) is 1.98. The molecule has 2 aromatic carbocycles. The molecular weight excluding hydrogens is 311 g/mol. The van der Waals surface area contributed by atoms with E-state index in [0.717, 1.165) is 11.1 Å². The topological polar surface area (TPSA) is 38.7 Å². The van der Waals surface area contributed by atoms with Crippen LogP contribution in [0.4, 0.5) is 0 Å². The van der Waals surface area contributed by atoms with Crippen LogP contribution in [0.3, 0.4) is 0 Å². The Bertz CT molecular complexity index is 642. The van der Waals surface area contributed by atoms with Gasteiger partial charge in [-0.2, -0.15) is 0 Å². The molecule has 0 spiro atoms. The first-order valence-electron chi connectivity index (χ1n) is 6.64. The third-order valence-electron chi connectivity index (χ3n) is 2.89. The van der Waals surface area contributed by atoms with Gasteiger partial charge in [-0.25, -0.2) is 0 Å². The fourth-order valence-corrected chi connectivity index (χ4v) is 2.41. The van der Waals surface area contributed by atoms with Crippen LogP contribution in [0.15, 0.2) is 30.3 Å². The van der Waals surface area contributed by atoms with Crippen LogP contribution in [-0.4, -0.2) is 18.3 Å². The summed E-state index contributed by atoms with van der Waals surface area (Å²) in [7, 11) is 0. The predicted octanol–water partition coefficient (Wildman–Crippen LogP) is 5.16. The van der Waals surface area contributed by atoms with E-state index in [9.17, 15) is 5.11 Å². The Morgan fingerprint density at radius 2 is 1.57 bits per heavy atom. The molecule has 2 aromatic rings. The Balaban J connectivity index is 2.49. The summed E-state index contributed by atoms with van der Waals surface area (Å²) in [5, 5.41) is 10.2. The summed E-state index contributed by atoms with van der Waals surface area (Å²) in [5.41, 5.74) is 1.57. The monoisotopic (exact) mass is 326 g/mol. The molecule has 0 radical (unpaired) electrons. The molecule has 0 saturated heterocycles. The highest BCUT2D eigenvalue weighted by molar-refractivity contribution is 6.36. The van der Waals surface area contributed by atoms with Gasteiger partial charge >= 0.3 is 0 Å². The number of phenolic OH excluding ortho intramolecular Hbond substituents is 1. The van der Waals surface area contributed by atoms with Crippen molar-refractivity contribution in [1.29, 1.82) is 0 Å². The van der Waals surface area contributed by atoms with Crippen LogP contribution in [0.2, 0.25) is 10.0 Å². The number of halogens is 2. The average Bonchev–Trinajstić information content (AvgIpc) is 2.45. The van der Waals surface area contributed by atoms with Crippen LogP contribution in [0.25, 0.3) is 11.1 Å². The lowest BCUT2D eigenvalue weighted by molar-refractivity contribution is 0.288. The van der Waals surface area contributed by atoms with Crippen molar-refractivity contribution in [2.75, 3.05) is 13.2 Å². The molecule has 21 heavy (non-hydrogen) atoms. The lowest BCUT2D eigenvalue weighted by Crippen LogP contribution is -1.98. The molecule has 0 aliphatic heterocycles. The van der Waals surface area contributed by atoms with Crippen molar-refractivity contribution in [3.05, 3.63) is 40.4 Å². The molecule has 0 atom stereocenters. The molecule has 3 nitrogen and oxygen atoms in total. The molecule has 2 rings (SSSR count). The van der Waals surface area contributed by atoms with Crippen LogP contribution in [-0.2, 0) is 0 Å². The number of aromatic hydroxyl groups is 1. The molecular formula is C16H16Cl2O3. The van der Waals surface area contributed by atoms with E-state index in [4.69, 9.17) is 32.7 Å². The molecule has 0 aliphatic rings. The van der Waals surface area contributed by atoms with Gasteiger partial charge in [0, 0.05) is 11.6 Å². The Morgan fingerprint density at radius 1 is 0.905 bits per heavy atom. The van der Waals surface area contributed by atoms with Gasteiger partial charge < -0.3 is 14.6 Å². The van der Waals surface area contributed by atoms with E-state index in [1.54, 1.807) is 6.07 Å². The first-order valence-corrected chi connectivity index (χ1v) is 7.40. The van der Waals surface area contributed by atoms with E-state index in [-0.39, 0.29) is 10.8 Å². The highest BCUT2D eigenvalue weighted by Crippen LogP contribution is 2.39. The fraction of sp³-hybridized carbons (Fsp3) is 0.250. The largest absolute Gasteiger partial charge is 0.506 e. The maximum absolute atomic E-state index is 9.56. The second-order valence-corrected chi connectivity index (χ2v) is 5.13. The van der Waals surface area contributed by atoms with Crippen molar-refractivity contribution in [2.24, 2.45) is 0 Å². The summed E-state index contributed by atoms with van der Waals surface area (Å²) in [6.07, 6.45) is 0. The molecule has 1 N–H and O–H groups in total. The van der Waals surface area contributed by atoms with Crippen LogP contribution in [0.1, 0.15) is 13.8 Å². The van der Waals surface area contributed by atoms with Crippen molar-refractivity contribution in [3.63, 3.8) is 0 Å². The minimum Gasteiger partial charge on any atom is -0.506 e. The molecule has 0 aliphatic carbocycles. The third kappa shape index (κ3) is 3.55. The number of benzene rings is 2. The molecule has 0 amide bonds. The average molecular weight is 327 g/mol. The van der Waals surface area contributed by atoms with Crippen LogP contribution >= 0.6 is 23.2 Å². The van der Waals surface area contributed by atoms with E-state index >= 15 is 0 Å². The van der Waals surface area contributed by atoms with E-state index < -0.39 is 0 Å². The minimum atomic E-state index is -0.0404. The number of hydrogen-bond donors (Lipinski definition) is 1. The lowest BCUT2D eigenvalue weighted by Gasteiger charge is -2.13. The molecule has 0 fully saturated rings. The minimum absolute atomic E-state index is 0.0404. The standard InChI is InChI=1S/C16H16Cl2O3/c1-3-20-15-6-5-10(7-16(15)21-4-2)11-8-13(18)14(19)9-12(11)17/h5-9,19H,3-4H2,1-2H3. The molecule has 112 valence electrons. The van der Waals surface area contributed by atoms with Crippen molar-refractivity contribution in [2.45, 2.75) is 13.8 Å². The van der Waals surface area contributed by atoms with Gasteiger partial charge in [0.05, 0.1) is 23.3 Å². The van der Waals surface area contributed by atoms with E-state index in [1.165, 1.54) is 6.07 Å². The van der Waals surface area contributed by atoms with Gasteiger partial charge in [0.1, 0.15) is 5.75 Å². The third-order valence-corrected chi connectivity index (χ3v) is 3.51. The first kappa shape index (κ1) is 15.8. The Hall–Kier alpha value is -1.58. The number of ether oxygens (including phenoxy) is 2. The van der Waals surface area contributed by atoms with E-state index in [0.29, 0.717) is 29.7 Å². The van der Waals surface area contributed by atoms with Crippen LogP contribution in [0.5, 0.6) is 17.2 Å². The first-order chi connectivity index (χ1) is 10.1. The highest BCUT2D eigenvalue weighted by Gasteiger charge is 2.12. The van der Waals surface area contributed by atoms with Gasteiger partial charge in [-0.3, -0.25) is 0 Å². The Labute approximate surface area is 134 Å². The molecule has 0 heterocycles. The number of phenols is 1. The van der Waals surface area contributed by atoms with E-state index in [1.807, 2.05) is 32.0 Å². The number of hydrogen-bond acceptors (Lipinski definition) is 3. The van der Waals surface area contributed by atoms with Gasteiger partial charge in [0.15, 0.2) is 11.5 Å². The van der Waals surface area contributed by atoms with Gasteiger partial charge in [0.2, 0.25) is 0 Å². The summed E-state index contributed by atoms with van der Waals surface area (Å²) in [5.74, 6) is 1.29. The predicted molar refractivity (Wildman–Crippen MR) is 85.9 cm³/mol. The zero-order chi connectivity index (χ0) is 15.4. The summed E-state index contributed by atoms with van der Waals surface area (Å²) in [6, 6.07) is 8.62. The quantitative estimate of drug-likeness (QED) is 0.824. The molecule has 0 unspecified atom stereocenters. The van der Waals surface area contributed by atoms with Crippen molar-refractivity contribution in [3.8, 4) is 28.4 Å². The van der Waals surface area contributed by atoms with Gasteiger partial charge in [0.25, 0.3) is 0 Å². The van der Waals surface area contributed by atoms with Gasteiger partial charge in [-0.05, 0) is 37.6 Å². The second-order valence-electron chi connectivity index (χ2n) is 4.31. The zero-order valence-electron chi connectivity index (χ0n) is 11.8. The smallest absolute Gasteiger partial charge is 0.161 e. The van der Waals surface area contributed by atoms with E-state index in [2.05, 4.69) is 0 Å². The van der Waals surface area contributed by atoms with Crippen molar-refractivity contribution in [1.82, 2.24) is 0 Å². The molecule has 0 saturated carbocycles. The summed E-state index contributed by atoms with van der Waals surface area (Å²) >= 11 is 12.1. The van der Waals surface area contributed by atoms with Crippen molar-refractivity contribution < 1.29 is 14.6 Å². The summed E-state index contributed by atoms with van der Waals surface area (Å²) in [6.45, 7) is 4.92. The second kappa shape index (κ2) is 6.92. The van der Waals surface area contributed by atoms with Crippen LogP contribution < -0.4 is 9.47 Å². The highest BCUT2D eigenvalue weighted by atomic mass is 35.5. The SMILES string of the molecule is CCOc1ccc(-c2cc(Cl)c(O)cc2Cl)cc1OCC. The summed E-state index contributed by atoms with van der Waals surface area (Å²) in [4.78, 5) is 0. The van der Waals surface area contributed by atoms with Crippen molar-refractivity contribution >= 4 is 23.2 Å². The zero-order valence-corrected chi connectivity index (χ0v) is 13.3.